The van der Waals surface area contributed by atoms with Crippen LogP contribution in [-0.4, -0.2) is 46.7 Å². The SMILES string of the molecule is CCNC(=NCc1ccc(-c2nc3ccccc3s2)o1)N1CC[C@@H](O)C1.I. The second-order valence-corrected chi connectivity index (χ2v) is 7.34. The monoisotopic (exact) mass is 498 g/mol. The first kappa shape index (κ1) is 20.1. The molecule has 0 spiro atoms. The zero-order valence-electron chi connectivity index (χ0n) is 15.1. The summed E-state index contributed by atoms with van der Waals surface area (Å²) >= 11 is 1.63. The van der Waals surface area contributed by atoms with Gasteiger partial charge < -0.3 is 19.7 Å². The first-order valence-corrected chi connectivity index (χ1v) is 9.70. The van der Waals surface area contributed by atoms with Crippen LogP contribution in [-0.2, 0) is 6.54 Å². The molecule has 6 nitrogen and oxygen atoms in total. The fourth-order valence-corrected chi connectivity index (χ4v) is 4.00. The van der Waals surface area contributed by atoms with Crippen LogP contribution in [0.5, 0.6) is 0 Å². The van der Waals surface area contributed by atoms with Gasteiger partial charge >= 0.3 is 0 Å². The van der Waals surface area contributed by atoms with Crippen molar-refractivity contribution in [1.29, 1.82) is 0 Å². The summed E-state index contributed by atoms with van der Waals surface area (Å²) in [4.78, 5) is 11.4. The predicted molar refractivity (Wildman–Crippen MR) is 120 cm³/mol. The number of hydrogen-bond donors (Lipinski definition) is 2. The van der Waals surface area contributed by atoms with Crippen LogP contribution >= 0.6 is 35.3 Å². The highest BCUT2D eigenvalue weighted by molar-refractivity contribution is 14.0. The van der Waals surface area contributed by atoms with Crippen LogP contribution in [0.15, 0.2) is 45.8 Å². The molecule has 0 radical (unpaired) electrons. The molecule has 8 heteroatoms. The number of aliphatic hydroxyl groups is 1. The number of β-amino-alcohol motifs (C(OH)–C–C–N with tert-alkyl or cyclic N) is 1. The van der Waals surface area contributed by atoms with E-state index in [4.69, 9.17) is 4.42 Å². The fourth-order valence-electron chi connectivity index (χ4n) is 3.07. The molecule has 1 atom stereocenters. The lowest BCUT2D eigenvalue weighted by Gasteiger charge is -2.20. The summed E-state index contributed by atoms with van der Waals surface area (Å²) in [6.07, 6.45) is 0.514. The summed E-state index contributed by atoms with van der Waals surface area (Å²) in [5, 5.41) is 13.9. The Bertz CT molecular complexity index is 890. The van der Waals surface area contributed by atoms with Gasteiger partial charge in [-0.15, -0.1) is 35.3 Å². The van der Waals surface area contributed by atoms with E-state index < -0.39 is 0 Å². The molecule has 1 fully saturated rings. The lowest BCUT2D eigenvalue weighted by molar-refractivity contribution is 0.188. The first-order valence-electron chi connectivity index (χ1n) is 8.89. The van der Waals surface area contributed by atoms with Gasteiger partial charge in [0.2, 0.25) is 0 Å². The highest BCUT2D eigenvalue weighted by atomic mass is 127. The van der Waals surface area contributed by atoms with Crippen molar-refractivity contribution < 1.29 is 9.52 Å². The Hall–Kier alpha value is -1.65. The normalized spacial score (nSPS) is 17.3. The van der Waals surface area contributed by atoms with Crippen molar-refractivity contribution in [1.82, 2.24) is 15.2 Å². The van der Waals surface area contributed by atoms with Crippen molar-refractivity contribution in [3.63, 3.8) is 0 Å². The number of benzene rings is 1. The zero-order chi connectivity index (χ0) is 17.9. The van der Waals surface area contributed by atoms with E-state index in [0.717, 1.165) is 52.2 Å². The Morgan fingerprint density at radius 2 is 2.22 bits per heavy atom. The Labute approximate surface area is 179 Å². The maximum Gasteiger partial charge on any atom is 0.194 e. The van der Waals surface area contributed by atoms with Gasteiger partial charge in [0.25, 0.3) is 0 Å². The molecule has 0 unspecified atom stereocenters. The minimum absolute atomic E-state index is 0. The molecule has 1 aliphatic heterocycles. The number of fused-ring (bicyclic) bond motifs is 1. The van der Waals surface area contributed by atoms with Gasteiger partial charge in [0.1, 0.15) is 12.3 Å². The largest absolute Gasteiger partial charge is 0.457 e. The third-order valence-electron chi connectivity index (χ3n) is 4.35. The molecule has 1 aliphatic rings. The molecule has 3 heterocycles. The number of nitrogens with one attached hydrogen (secondary N) is 1. The van der Waals surface area contributed by atoms with E-state index in [9.17, 15) is 5.11 Å². The zero-order valence-corrected chi connectivity index (χ0v) is 18.2. The second kappa shape index (κ2) is 9.03. The van der Waals surface area contributed by atoms with E-state index in [1.165, 1.54) is 0 Å². The lowest BCUT2D eigenvalue weighted by atomic mass is 10.3. The number of aromatic nitrogens is 1. The van der Waals surface area contributed by atoms with E-state index in [1.54, 1.807) is 11.3 Å². The van der Waals surface area contributed by atoms with Crippen molar-refractivity contribution >= 4 is 51.5 Å². The number of halogens is 1. The van der Waals surface area contributed by atoms with E-state index in [1.807, 2.05) is 37.3 Å². The number of likely N-dealkylation sites (tertiary alicyclic amines) is 1. The molecule has 144 valence electrons. The molecule has 2 N–H and O–H groups in total. The summed E-state index contributed by atoms with van der Waals surface area (Å²) < 4.78 is 7.11. The molecule has 3 aromatic rings. The smallest absolute Gasteiger partial charge is 0.194 e. The van der Waals surface area contributed by atoms with Gasteiger partial charge in [-0.1, -0.05) is 12.1 Å². The van der Waals surface area contributed by atoms with Crippen molar-refractivity contribution in [2.75, 3.05) is 19.6 Å². The van der Waals surface area contributed by atoms with Gasteiger partial charge in [-0.3, -0.25) is 0 Å². The average molecular weight is 498 g/mol. The predicted octanol–water partition coefficient (Wildman–Crippen LogP) is 3.71. The van der Waals surface area contributed by atoms with Crippen LogP contribution in [0.3, 0.4) is 0 Å². The first-order chi connectivity index (χ1) is 12.7. The number of hydrogen-bond acceptors (Lipinski definition) is 5. The molecule has 2 aromatic heterocycles. The van der Waals surface area contributed by atoms with Crippen molar-refractivity contribution in [2.45, 2.75) is 26.0 Å². The van der Waals surface area contributed by atoms with Crippen molar-refractivity contribution in [3.8, 4) is 10.8 Å². The highest BCUT2D eigenvalue weighted by Crippen LogP contribution is 2.31. The Morgan fingerprint density at radius 1 is 1.37 bits per heavy atom. The molecular weight excluding hydrogens is 475 g/mol. The van der Waals surface area contributed by atoms with E-state index in [-0.39, 0.29) is 30.1 Å². The number of thiazole rings is 1. The van der Waals surface area contributed by atoms with Gasteiger partial charge in [-0.05, 0) is 37.6 Å². The van der Waals surface area contributed by atoms with E-state index >= 15 is 0 Å². The molecule has 4 rings (SSSR count). The minimum Gasteiger partial charge on any atom is -0.457 e. The van der Waals surface area contributed by atoms with Crippen LogP contribution in [0.1, 0.15) is 19.1 Å². The number of aliphatic imine (C=N–C) groups is 1. The fraction of sp³-hybridized carbons (Fsp3) is 0.368. The van der Waals surface area contributed by atoms with Gasteiger partial charge in [-0.25, -0.2) is 9.98 Å². The summed E-state index contributed by atoms with van der Waals surface area (Å²) in [5.41, 5.74) is 0.991. The van der Waals surface area contributed by atoms with Crippen LogP contribution < -0.4 is 5.32 Å². The van der Waals surface area contributed by atoms with Crippen LogP contribution in [0.4, 0.5) is 0 Å². The van der Waals surface area contributed by atoms with Gasteiger partial charge in [0.15, 0.2) is 16.7 Å². The lowest BCUT2D eigenvalue weighted by Crippen LogP contribution is -2.40. The van der Waals surface area contributed by atoms with Gasteiger partial charge in [-0.2, -0.15) is 0 Å². The van der Waals surface area contributed by atoms with Gasteiger partial charge in [0.05, 0.1) is 16.3 Å². The summed E-state index contributed by atoms with van der Waals surface area (Å²) in [6, 6.07) is 12.0. The third-order valence-corrected chi connectivity index (χ3v) is 5.40. The Morgan fingerprint density at radius 3 is 2.96 bits per heavy atom. The van der Waals surface area contributed by atoms with E-state index in [2.05, 4.69) is 26.3 Å². The maximum atomic E-state index is 9.74. The van der Waals surface area contributed by atoms with Crippen molar-refractivity contribution in [3.05, 3.63) is 42.2 Å². The molecule has 1 saturated heterocycles. The molecule has 27 heavy (non-hydrogen) atoms. The van der Waals surface area contributed by atoms with Crippen molar-refractivity contribution in [2.24, 2.45) is 4.99 Å². The molecular formula is C19H23IN4O2S. The highest BCUT2D eigenvalue weighted by Gasteiger charge is 2.22. The average Bonchev–Trinajstić information content (AvgIpc) is 3.37. The maximum absolute atomic E-state index is 9.74. The summed E-state index contributed by atoms with van der Waals surface area (Å²) in [5.74, 6) is 2.40. The second-order valence-electron chi connectivity index (χ2n) is 6.31. The molecule has 0 amide bonds. The van der Waals surface area contributed by atoms with Crippen LogP contribution in [0.2, 0.25) is 0 Å². The quantitative estimate of drug-likeness (QED) is 0.326. The number of guanidine groups is 1. The van der Waals surface area contributed by atoms with E-state index in [0.29, 0.717) is 13.1 Å². The number of aliphatic hydroxyl groups excluding tert-OH is 1. The Balaban J connectivity index is 0.00000210. The topological polar surface area (TPSA) is 73.9 Å². The number of para-hydroxylation sites is 1. The minimum atomic E-state index is -0.270. The van der Waals surface area contributed by atoms with Crippen LogP contribution in [0, 0.1) is 0 Å². The standard InChI is InChI=1S/C19H22N4O2S.HI/c1-2-20-19(23-10-9-13(24)12-23)21-11-14-7-8-16(25-14)18-22-15-5-3-4-6-17(15)26-18;/h3-8,13,24H,2,9-12H2,1H3,(H,20,21);1H/t13-;/m1./s1. The molecule has 0 saturated carbocycles. The summed E-state index contributed by atoms with van der Waals surface area (Å²) in [6.45, 7) is 4.74. The summed E-state index contributed by atoms with van der Waals surface area (Å²) in [7, 11) is 0. The molecule has 1 aromatic carbocycles. The molecule has 0 bridgehead atoms. The Kier molecular flexibility index (Phi) is 6.72. The number of nitrogens with zero attached hydrogens (tertiary/aromatic N) is 3. The third kappa shape index (κ3) is 4.61. The molecule has 0 aliphatic carbocycles. The van der Waals surface area contributed by atoms with Gasteiger partial charge in [0, 0.05) is 19.6 Å². The number of furan rings is 1. The van der Waals surface area contributed by atoms with Crippen LogP contribution in [0.25, 0.3) is 21.0 Å². The number of rotatable bonds is 4.